The molecule has 2 heterocycles. The molecule has 0 aliphatic carbocycles. The summed E-state index contributed by atoms with van der Waals surface area (Å²) in [5.41, 5.74) is 1.42. The van der Waals surface area contributed by atoms with Crippen LogP contribution in [0.4, 0.5) is 0 Å². The summed E-state index contributed by atoms with van der Waals surface area (Å²) in [7, 11) is -3.64. The molecule has 1 fully saturated rings. The molecule has 0 bridgehead atoms. The van der Waals surface area contributed by atoms with Crippen molar-refractivity contribution in [3.8, 4) is 0 Å². The maximum absolute atomic E-state index is 13.5. The molecule has 1 saturated heterocycles. The standard InChI is InChI=1S/C21H23NO3S/c1-17-9-11-19(12-10-17)26(23,24)22-15-5-13-21(14-6-16-25-21)20(22)18-7-3-2-4-8-18/h2-5,7-13,20H,6,14-16H2,1H3/t20-,21+/m0/s1. The van der Waals surface area contributed by atoms with Gasteiger partial charge >= 0.3 is 0 Å². The van der Waals surface area contributed by atoms with Gasteiger partial charge in [0.15, 0.2) is 0 Å². The summed E-state index contributed by atoms with van der Waals surface area (Å²) in [6.07, 6.45) is 5.75. The Morgan fingerprint density at radius 2 is 1.81 bits per heavy atom. The van der Waals surface area contributed by atoms with Crippen LogP contribution in [0.1, 0.15) is 30.0 Å². The Bertz CT molecular complexity index is 898. The number of benzene rings is 2. The minimum Gasteiger partial charge on any atom is -0.369 e. The van der Waals surface area contributed by atoms with Crippen LogP contribution in [0.15, 0.2) is 71.6 Å². The minimum atomic E-state index is -3.64. The monoisotopic (exact) mass is 369 g/mol. The van der Waals surface area contributed by atoms with E-state index in [1.807, 2.05) is 55.5 Å². The number of nitrogens with zero attached hydrogens (tertiary/aromatic N) is 1. The van der Waals surface area contributed by atoms with Gasteiger partial charge in [-0.1, -0.05) is 60.2 Å². The van der Waals surface area contributed by atoms with Gasteiger partial charge in [0.2, 0.25) is 10.0 Å². The molecular formula is C21H23NO3S. The maximum atomic E-state index is 13.5. The van der Waals surface area contributed by atoms with E-state index < -0.39 is 15.6 Å². The molecule has 4 rings (SSSR count). The summed E-state index contributed by atoms with van der Waals surface area (Å²) in [6.45, 7) is 2.96. The first-order valence-corrected chi connectivity index (χ1v) is 10.4. The van der Waals surface area contributed by atoms with Crippen LogP contribution in [0.5, 0.6) is 0 Å². The summed E-state index contributed by atoms with van der Waals surface area (Å²) in [5.74, 6) is 0. The molecule has 4 nitrogen and oxygen atoms in total. The van der Waals surface area contributed by atoms with Crippen LogP contribution in [-0.4, -0.2) is 31.5 Å². The number of sulfonamides is 1. The normalized spacial score (nSPS) is 26.4. The molecule has 0 radical (unpaired) electrons. The van der Waals surface area contributed by atoms with E-state index in [0.29, 0.717) is 18.0 Å². The molecule has 2 aliphatic rings. The van der Waals surface area contributed by atoms with Gasteiger partial charge in [0.05, 0.1) is 10.9 Å². The van der Waals surface area contributed by atoms with Crippen molar-refractivity contribution < 1.29 is 13.2 Å². The van der Waals surface area contributed by atoms with Gasteiger partial charge in [-0.3, -0.25) is 0 Å². The van der Waals surface area contributed by atoms with Crippen LogP contribution in [0.3, 0.4) is 0 Å². The number of hydrogen-bond donors (Lipinski definition) is 0. The average Bonchev–Trinajstić information content (AvgIpc) is 3.11. The minimum absolute atomic E-state index is 0.326. The van der Waals surface area contributed by atoms with Crippen LogP contribution in [0.2, 0.25) is 0 Å². The molecule has 0 N–H and O–H groups in total. The Balaban J connectivity index is 1.83. The molecule has 0 saturated carbocycles. The third kappa shape index (κ3) is 2.90. The van der Waals surface area contributed by atoms with Crippen molar-refractivity contribution in [1.29, 1.82) is 0 Å². The number of aryl methyl sites for hydroxylation is 1. The highest BCUT2D eigenvalue weighted by atomic mass is 32.2. The second kappa shape index (κ2) is 6.65. The van der Waals surface area contributed by atoms with Gasteiger partial charge in [-0.2, -0.15) is 4.31 Å². The quantitative estimate of drug-likeness (QED) is 0.772. The van der Waals surface area contributed by atoms with Crippen LogP contribution in [-0.2, 0) is 14.8 Å². The molecule has 2 aliphatic heterocycles. The highest BCUT2D eigenvalue weighted by molar-refractivity contribution is 7.89. The van der Waals surface area contributed by atoms with Crippen molar-refractivity contribution >= 4 is 10.0 Å². The van der Waals surface area contributed by atoms with E-state index in [1.54, 1.807) is 16.4 Å². The zero-order chi connectivity index (χ0) is 18.2. The second-order valence-corrected chi connectivity index (χ2v) is 8.90. The Labute approximate surface area is 155 Å². The fraction of sp³-hybridized carbons (Fsp3) is 0.333. The summed E-state index contributed by atoms with van der Waals surface area (Å²) >= 11 is 0. The molecule has 0 amide bonds. The van der Waals surface area contributed by atoms with E-state index in [0.717, 1.165) is 24.0 Å². The van der Waals surface area contributed by atoms with E-state index in [2.05, 4.69) is 6.08 Å². The lowest BCUT2D eigenvalue weighted by Gasteiger charge is -2.43. The first-order chi connectivity index (χ1) is 12.5. The van der Waals surface area contributed by atoms with E-state index in [-0.39, 0.29) is 6.04 Å². The lowest BCUT2D eigenvalue weighted by atomic mass is 9.84. The van der Waals surface area contributed by atoms with Crippen molar-refractivity contribution in [2.24, 2.45) is 0 Å². The van der Waals surface area contributed by atoms with Gasteiger partial charge < -0.3 is 4.74 Å². The molecule has 0 unspecified atom stereocenters. The number of ether oxygens (including phenoxy) is 1. The number of rotatable bonds is 3. The molecule has 5 heteroatoms. The Morgan fingerprint density at radius 3 is 2.46 bits per heavy atom. The molecule has 2 aromatic rings. The van der Waals surface area contributed by atoms with Gasteiger partial charge in [-0.25, -0.2) is 8.42 Å². The molecule has 2 aromatic carbocycles. The fourth-order valence-electron chi connectivity index (χ4n) is 3.99. The van der Waals surface area contributed by atoms with Crippen molar-refractivity contribution in [3.05, 3.63) is 77.9 Å². The van der Waals surface area contributed by atoms with Crippen molar-refractivity contribution in [3.63, 3.8) is 0 Å². The van der Waals surface area contributed by atoms with Gasteiger partial charge in [0, 0.05) is 13.2 Å². The second-order valence-electron chi connectivity index (χ2n) is 7.01. The zero-order valence-corrected chi connectivity index (χ0v) is 15.7. The highest BCUT2D eigenvalue weighted by Gasteiger charge is 2.49. The Hall–Kier alpha value is -1.95. The van der Waals surface area contributed by atoms with E-state index >= 15 is 0 Å². The van der Waals surface area contributed by atoms with Crippen LogP contribution < -0.4 is 0 Å². The molecule has 1 spiro atoms. The third-order valence-corrected chi connectivity index (χ3v) is 7.11. The molecule has 0 aromatic heterocycles. The molecule has 26 heavy (non-hydrogen) atoms. The van der Waals surface area contributed by atoms with Crippen LogP contribution in [0, 0.1) is 6.92 Å². The lowest BCUT2D eigenvalue weighted by Crippen LogP contribution is -2.50. The van der Waals surface area contributed by atoms with E-state index in [9.17, 15) is 8.42 Å². The SMILES string of the molecule is Cc1ccc(S(=O)(=O)N2CC=C[C@@]3(CCCO3)[C@@H]2c2ccccc2)cc1. The lowest BCUT2D eigenvalue weighted by molar-refractivity contribution is -0.0149. The van der Waals surface area contributed by atoms with E-state index in [1.165, 1.54) is 0 Å². The number of hydrogen-bond acceptors (Lipinski definition) is 3. The third-order valence-electron chi connectivity index (χ3n) is 5.26. The van der Waals surface area contributed by atoms with Crippen molar-refractivity contribution in [2.45, 2.75) is 36.3 Å². The molecular weight excluding hydrogens is 346 g/mol. The molecule has 136 valence electrons. The summed E-state index contributed by atoms with van der Waals surface area (Å²) < 4.78 is 34.6. The van der Waals surface area contributed by atoms with Crippen LogP contribution in [0.25, 0.3) is 0 Å². The predicted octanol–water partition coefficient (Wildman–Crippen LogP) is 3.85. The predicted molar refractivity (Wildman–Crippen MR) is 101 cm³/mol. The summed E-state index contributed by atoms with van der Waals surface area (Å²) in [5, 5.41) is 0. The largest absolute Gasteiger partial charge is 0.369 e. The summed E-state index contributed by atoms with van der Waals surface area (Å²) in [4.78, 5) is 0.326. The first-order valence-electron chi connectivity index (χ1n) is 8.98. The molecule has 2 atom stereocenters. The maximum Gasteiger partial charge on any atom is 0.244 e. The average molecular weight is 369 g/mol. The zero-order valence-electron chi connectivity index (χ0n) is 14.8. The smallest absolute Gasteiger partial charge is 0.244 e. The topological polar surface area (TPSA) is 46.6 Å². The Morgan fingerprint density at radius 1 is 1.08 bits per heavy atom. The van der Waals surface area contributed by atoms with Crippen molar-refractivity contribution in [1.82, 2.24) is 4.31 Å². The van der Waals surface area contributed by atoms with Gasteiger partial charge in [-0.15, -0.1) is 0 Å². The van der Waals surface area contributed by atoms with Gasteiger partial charge in [0.1, 0.15) is 5.60 Å². The summed E-state index contributed by atoms with van der Waals surface area (Å²) in [6, 6.07) is 16.5. The van der Waals surface area contributed by atoms with Crippen molar-refractivity contribution in [2.75, 3.05) is 13.2 Å². The Kier molecular flexibility index (Phi) is 4.47. The van der Waals surface area contributed by atoms with E-state index in [4.69, 9.17) is 4.74 Å². The fourth-order valence-corrected chi connectivity index (χ4v) is 5.60. The van der Waals surface area contributed by atoms with Gasteiger partial charge in [-0.05, 0) is 37.5 Å². The van der Waals surface area contributed by atoms with Gasteiger partial charge in [0.25, 0.3) is 0 Å². The van der Waals surface area contributed by atoms with Crippen LogP contribution >= 0.6 is 0 Å². The first kappa shape index (κ1) is 17.5. The highest BCUT2D eigenvalue weighted by Crippen LogP contribution is 2.46.